The number of hydrogen-bond acceptors (Lipinski definition) is 5. The summed E-state index contributed by atoms with van der Waals surface area (Å²) in [6.07, 6.45) is 7.74. The van der Waals surface area contributed by atoms with Gasteiger partial charge in [0.25, 0.3) is 0 Å². The van der Waals surface area contributed by atoms with Crippen molar-refractivity contribution in [2.75, 3.05) is 18.1 Å². The highest BCUT2D eigenvalue weighted by atomic mass is 16.3. The van der Waals surface area contributed by atoms with Crippen LogP contribution in [0.5, 0.6) is 0 Å². The van der Waals surface area contributed by atoms with Crippen molar-refractivity contribution in [2.24, 2.45) is 0 Å². The fourth-order valence-electron chi connectivity index (χ4n) is 2.72. The van der Waals surface area contributed by atoms with Gasteiger partial charge in [0.15, 0.2) is 0 Å². The van der Waals surface area contributed by atoms with Gasteiger partial charge in [-0.05, 0) is 19.8 Å². The number of aliphatic hydroxyl groups is 2. The van der Waals surface area contributed by atoms with Crippen molar-refractivity contribution in [2.45, 2.75) is 51.7 Å². The first-order valence-electron chi connectivity index (χ1n) is 7.07. The molecule has 0 saturated heterocycles. The second-order valence-electron chi connectivity index (χ2n) is 5.15. The Morgan fingerprint density at radius 3 is 2.58 bits per heavy atom. The number of aryl methyl sites for hydroxylation is 1. The highest BCUT2D eigenvalue weighted by Gasteiger charge is 2.23. The number of hydrogen-bond donors (Lipinski definition) is 2. The van der Waals surface area contributed by atoms with E-state index in [1.165, 1.54) is 19.3 Å². The predicted octanol–water partition coefficient (Wildman–Crippen LogP) is 1.41. The fraction of sp³-hybridized carbons (Fsp3) is 0.714. The molecule has 2 N–H and O–H groups in total. The van der Waals surface area contributed by atoms with Gasteiger partial charge in [0.2, 0.25) is 5.95 Å². The van der Waals surface area contributed by atoms with Crippen molar-refractivity contribution in [3.63, 3.8) is 0 Å². The molecular formula is C14H23N3O2. The van der Waals surface area contributed by atoms with Crippen LogP contribution in [0.4, 0.5) is 5.95 Å². The fourth-order valence-corrected chi connectivity index (χ4v) is 2.72. The van der Waals surface area contributed by atoms with E-state index in [0.717, 1.165) is 24.1 Å². The summed E-state index contributed by atoms with van der Waals surface area (Å²) in [5, 5.41) is 18.4. The van der Waals surface area contributed by atoms with E-state index >= 15 is 0 Å². The lowest BCUT2D eigenvalue weighted by Crippen LogP contribution is -2.40. The molecule has 1 aromatic rings. The minimum absolute atomic E-state index is 0.0322. The molecule has 2 rings (SSSR count). The quantitative estimate of drug-likeness (QED) is 0.842. The van der Waals surface area contributed by atoms with E-state index in [1.807, 2.05) is 6.92 Å². The Hall–Kier alpha value is -1.20. The third kappa shape index (κ3) is 3.42. The van der Waals surface area contributed by atoms with Crippen molar-refractivity contribution < 1.29 is 10.2 Å². The van der Waals surface area contributed by atoms with E-state index in [1.54, 1.807) is 6.20 Å². The Morgan fingerprint density at radius 2 is 2.00 bits per heavy atom. The molecule has 0 spiro atoms. The number of aromatic nitrogens is 2. The third-order valence-corrected chi connectivity index (χ3v) is 3.85. The van der Waals surface area contributed by atoms with Crippen molar-refractivity contribution in [1.29, 1.82) is 0 Å². The Labute approximate surface area is 114 Å². The van der Waals surface area contributed by atoms with Crippen LogP contribution in [0, 0.1) is 6.92 Å². The van der Waals surface area contributed by atoms with Crippen LogP contribution in [0.15, 0.2) is 6.20 Å². The maximum atomic E-state index is 9.26. The molecule has 0 unspecified atom stereocenters. The molecule has 0 atom stereocenters. The second-order valence-corrected chi connectivity index (χ2v) is 5.15. The van der Waals surface area contributed by atoms with Gasteiger partial charge in [-0.15, -0.1) is 0 Å². The number of aliphatic hydroxyl groups excluding tert-OH is 2. The molecular weight excluding hydrogens is 242 g/mol. The molecule has 19 heavy (non-hydrogen) atoms. The molecule has 0 radical (unpaired) electrons. The summed E-state index contributed by atoms with van der Waals surface area (Å²) in [4.78, 5) is 10.9. The minimum Gasteiger partial charge on any atom is -0.395 e. The van der Waals surface area contributed by atoms with E-state index < -0.39 is 0 Å². The van der Waals surface area contributed by atoms with Gasteiger partial charge in [0, 0.05) is 30.0 Å². The van der Waals surface area contributed by atoms with Gasteiger partial charge in [-0.3, -0.25) is 0 Å². The van der Waals surface area contributed by atoms with Gasteiger partial charge in [-0.2, -0.15) is 0 Å². The predicted molar refractivity (Wildman–Crippen MR) is 74.0 cm³/mol. The number of nitrogens with zero attached hydrogens (tertiary/aromatic N) is 3. The molecule has 5 nitrogen and oxygen atoms in total. The average Bonchev–Trinajstić information content (AvgIpc) is 2.45. The molecule has 1 heterocycles. The van der Waals surface area contributed by atoms with Gasteiger partial charge >= 0.3 is 0 Å². The lowest BCUT2D eigenvalue weighted by Gasteiger charge is -2.34. The summed E-state index contributed by atoms with van der Waals surface area (Å²) in [7, 11) is 0. The Kier molecular flexibility index (Phi) is 5.10. The molecule has 106 valence electrons. The molecule has 1 aliphatic carbocycles. The standard InChI is InChI=1S/C14H23N3O2/c1-11-12(10-19)9-15-14(16-11)17(7-8-18)13-5-3-2-4-6-13/h9,13,18-19H,2-8,10H2,1H3. The van der Waals surface area contributed by atoms with Gasteiger partial charge in [-0.1, -0.05) is 19.3 Å². The first-order chi connectivity index (χ1) is 9.26. The van der Waals surface area contributed by atoms with Crippen LogP contribution in [0.3, 0.4) is 0 Å². The molecule has 0 bridgehead atoms. The molecule has 1 saturated carbocycles. The van der Waals surface area contributed by atoms with Crippen LogP contribution < -0.4 is 4.90 Å². The van der Waals surface area contributed by atoms with E-state index in [4.69, 9.17) is 5.11 Å². The van der Waals surface area contributed by atoms with Crippen LogP contribution in [0.1, 0.15) is 43.4 Å². The Balaban J connectivity index is 2.19. The molecule has 0 aromatic carbocycles. The zero-order valence-electron chi connectivity index (χ0n) is 11.5. The Bertz CT molecular complexity index is 406. The molecule has 0 aliphatic heterocycles. The average molecular weight is 265 g/mol. The van der Waals surface area contributed by atoms with Crippen molar-refractivity contribution >= 4 is 5.95 Å². The Morgan fingerprint density at radius 1 is 1.26 bits per heavy atom. The highest BCUT2D eigenvalue weighted by Crippen LogP contribution is 2.25. The van der Waals surface area contributed by atoms with Crippen molar-refractivity contribution in [3.8, 4) is 0 Å². The smallest absolute Gasteiger partial charge is 0.225 e. The second kappa shape index (κ2) is 6.82. The number of rotatable bonds is 5. The summed E-state index contributed by atoms with van der Waals surface area (Å²) in [5.41, 5.74) is 1.57. The minimum atomic E-state index is -0.0322. The lowest BCUT2D eigenvalue weighted by atomic mass is 9.94. The van der Waals surface area contributed by atoms with Crippen molar-refractivity contribution in [3.05, 3.63) is 17.5 Å². The molecule has 5 heteroatoms. The summed E-state index contributed by atoms with van der Waals surface area (Å²) in [6.45, 7) is 2.54. The normalized spacial score (nSPS) is 16.6. The third-order valence-electron chi connectivity index (χ3n) is 3.85. The lowest BCUT2D eigenvalue weighted by molar-refractivity contribution is 0.279. The first kappa shape index (κ1) is 14.2. The summed E-state index contributed by atoms with van der Waals surface area (Å²) >= 11 is 0. The highest BCUT2D eigenvalue weighted by molar-refractivity contribution is 5.34. The van der Waals surface area contributed by atoms with E-state index in [2.05, 4.69) is 14.9 Å². The zero-order valence-corrected chi connectivity index (χ0v) is 11.5. The molecule has 1 aromatic heterocycles. The summed E-state index contributed by atoms with van der Waals surface area (Å²) in [6, 6.07) is 0.431. The number of anilines is 1. The maximum Gasteiger partial charge on any atom is 0.225 e. The molecule has 0 amide bonds. The van der Waals surface area contributed by atoms with Crippen LogP contribution in [0.25, 0.3) is 0 Å². The van der Waals surface area contributed by atoms with Gasteiger partial charge in [0.1, 0.15) is 0 Å². The maximum absolute atomic E-state index is 9.26. The van der Waals surface area contributed by atoms with Gasteiger partial charge in [0.05, 0.1) is 13.2 Å². The van der Waals surface area contributed by atoms with E-state index in [0.29, 0.717) is 18.5 Å². The van der Waals surface area contributed by atoms with E-state index in [-0.39, 0.29) is 13.2 Å². The SMILES string of the molecule is Cc1nc(N(CCO)C2CCCCC2)ncc1CO. The van der Waals surface area contributed by atoms with E-state index in [9.17, 15) is 5.11 Å². The van der Waals surface area contributed by atoms with Crippen molar-refractivity contribution in [1.82, 2.24) is 9.97 Å². The van der Waals surface area contributed by atoms with Crippen LogP contribution in [-0.4, -0.2) is 39.4 Å². The molecule has 1 aliphatic rings. The summed E-state index contributed by atoms with van der Waals surface area (Å²) in [5.74, 6) is 0.677. The molecule has 1 fully saturated rings. The van der Waals surface area contributed by atoms with Crippen LogP contribution in [0.2, 0.25) is 0 Å². The largest absolute Gasteiger partial charge is 0.395 e. The van der Waals surface area contributed by atoms with Gasteiger partial charge in [-0.25, -0.2) is 9.97 Å². The summed E-state index contributed by atoms with van der Waals surface area (Å²) < 4.78 is 0. The van der Waals surface area contributed by atoms with Crippen LogP contribution >= 0.6 is 0 Å². The van der Waals surface area contributed by atoms with Gasteiger partial charge < -0.3 is 15.1 Å². The first-order valence-corrected chi connectivity index (χ1v) is 7.07. The zero-order chi connectivity index (χ0) is 13.7. The topological polar surface area (TPSA) is 69.5 Å². The monoisotopic (exact) mass is 265 g/mol. The van der Waals surface area contributed by atoms with Crippen LogP contribution in [-0.2, 0) is 6.61 Å².